The zero-order valence-corrected chi connectivity index (χ0v) is 15.9. The Bertz CT molecular complexity index is 875. The highest BCUT2D eigenvalue weighted by molar-refractivity contribution is 7.89. The molecule has 9 heteroatoms. The molecule has 1 aromatic carbocycles. The molecule has 0 radical (unpaired) electrons. The number of amides is 1. The summed E-state index contributed by atoms with van der Waals surface area (Å²) < 4.78 is 37.7. The van der Waals surface area contributed by atoms with Crippen molar-refractivity contribution in [2.24, 2.45) is 0 Å². The Morgan fingerprint density at radius 2 is 1.88 bits per heavy atom. The van der Waals surface area contributed by atoms with Gasteiger partial charge in [0.25, 0.3) is 5.91 Å². The molecule has 2 N–H and O–H groups in total. The molecule has 0 aliphatic carbocycles. The summed E-state index contributed by atoms with van der Waals surface area (Å²) in [6, 6.07) is 6.65. The molecule has 1 amide bonds. The first kappa shape index (κ1) is 18.7. The van der Waals surface area contributed by atoms with Crippen LogP contribution in [-0.4, -0.2) is 40.6 Å². The normalized spacial score (nSPS) is 13.4. The first-order valence-electron chi connectivity index (χ1n) is 8.19. The van der Waals surface area contributed by atoms with Gasteiger partial charge < -0.3 is 14.8 Å². The number of benzene rings is 1. The fourth-order valence-corrected chi connectivity index (χ4v) is 4.32. The summed E-state index contributed by atoms with van der Waals surface area (Å²) in [6.45, 7) is 3.38. The molecule has 1 aliphatic heterocycles. The minimum atomic E-state index is -3.53. The maximum absolute atomic E-state index is 12.2. The van der Waals surface area contributed by atoms with Gasteiger partial charge in [0.15, 0.2) is 11.5 Å². The Labute approximate surface area is 156 Å². The predicted molar refractivity (Wildman–Crippen MR) is 98.6 cm³/mol. The minimum absolute atomic E-state index is 0.231. The van der Waals surface area contributed by atoms with Gasteiger partial charge in [0.05, 0.1) is 4.90 Å². The van der Waals surface area contributed by atoms with Crippen LogP contribution in [-0.2, 0) is 10.0 Å². The molecule has 0 spiro atoms. The van der Waals surface area contributed by atoms with Crippen LogP contribution in [0.2, 0.25) is 0 Å². The molecule has 0 saturated carbocycles. The van der Waals surface area contributed by atoms with E-state index in [2.05, 4.69) is 10.0 Å². The molecule has 0 bridgehead atoms. The molecule has 1 aliphatic rings. The third-order valence-electron chi connectivity index (χ3n) is 3.77. The zero-order chi connectivity index (χ0) is 18.6. The Hall–Kier alpha value is -2.10. The molecule has 0 atom stereocenters. The molecule has 1 aromatic heterocycles. The standard InChI is InChI=1S/C17H20N2O5S2/c1-12-3-5-13(6-4-12)26(21,22)19-8-2-7-18-17(20)16-15-14(11-25-16)23-9-10-24-15/h3-6,11,19H,2,7-10H2,1H3,(H,18,20). The molecule has 0 fully saturated rings. The number of carbonyl (C=O) groups excluding carboxylic acids is 1. The molecule has 0 saturated heterocycles. The van der Waals surface area contributed by atoms with Gasteiger partial charge in [-0.15, -0.1) is 11.3 Å². The van der Waals surface area contributed by atoms with Gasteiger partial charge in [-0.1, -0.05) is 17.7 Å². The van der Waals surface area contributed by atoms with Crippen LogP contribution in [0.25, 0.3) is 0 Å². The average molecular weight is 396 g/mol. The van der Waals surface area contributed by atoms with Crippen LogP contribution in [0.3, 0.4) is 0 Å². The van der Waals surface area contributed by atoms with Crippen LogP contribution in [0.15, 0.2) is 34.5 Å². The van der Waals surface area contributed by atoms with Gasteiger partial charge >= 0.3 is 0 Å². The van der Waals surface area contributed by atoms with E-state index in [0.717, 1.165) is 5.56 Å². The number of ether oxygens (including phenoxy) is 2. The van der Waals surface area contributed by atoms with E-state index in [-0.39, 0.29) is 17.3 Å². The van der Waals surface area contributed by atoms with Crippen molar-refractivity contribution in [2.45, 2.75) is 18.2 Å². The first-order valence-corrected chi connectivity index (χ1v) is 10.6. The highest BCUT2D eigenvalue weighted by Gasteiger charge is 2.23. The van der Waals surface area contributed by atoms with Crippen molar-refractivity contribution in [3.05, 3.63) is 40.1 Å². The number of nitrogens with one attached hydrogen (secondary N) is 2. The Balaban J connectivity index is 1.45. The van der Waals surface area contributed by atoms with Crippen molar-refractivity contribution in [2.75, 3.05) is 26.3 Å². The van der Waals surface area contributed by atoms with E-state index < -0.39 is 10.0 Å². The number of hydrogen-bond acceptors (Lipinski definition) is 6. The summed E-state index contributed by atoms with van der Waals surface area (Å²) in [7, 11) is -3.53. The van der Waals surface area contributed by atoms with Gasteiger partial charge in [0.2, 0.25) is 10.0 Å². The quantitative estimate of drug-likeness (QED) is 0.698. The van der Waals surface area contributed by atoms with E-state index in [4.69, 9.17) is 9.47 Å². The van der Waals surface area contributed by atoms with Crippen LogP contribution in [0, 0.1) is 6.92 Å². The zero-order valence-electron chi connectivity index (χ0n) is 14.3. The lowest BCUT2D eigenvalue weighted by atomic mass is 10.2. The average Bonchev–Trinajstić information content (AvgIpc) is 3.06. The maximum atomic E-state index is 12.2. The minimum Gasteiger partial charge on any atom is -0.485 e. The van der Waals surface area contributed by atoms with Gasteiger partial charge in [-0.25, -0.2) is 13.1 Å². The van der Waals surface area contributed by atoms with Gasteiger partial charge in [-0.05, 0) is 25.5 Å². The summed E-state index contributed by atoms with van der Waals surface area (Å²) in [4.78, 5) is 12.9. The molecule has 140 valence electrons. The van der Waals surface area contributed by atoms with Crippen LogP contribution in [0.5, 0.6) is 11.5 Å². The molecule has 0 unspecified atom stereocenters. The summed E-state index contributed by atoms with van der Waals surface area (Å²) >= 11 is 1.27. The number of sulfonamides is 1. The van der Waals surface area contributed by atoms with E-state index in [1.807, 2.05) is 6.92 Å². The number of aryl methyl sites for hydroxylation is 1. The van der Waals surface area contributed by atoms with E-state index in [1.165, 1.54) is 11.3 Å². The van der Waals surface area contributed by atoms with Crippen LogP contribution in [0.1, 0.15) is 21.7 Å². The van der Waals surface area contributed by atoms with Crippen LogP contribution < -0.4 is 19.5 Å². The fourth-order valence-electron chi connectivity index (χ4n) is 2.40. The van der Waals surface area contributed by atoms with Crippen molar-refractivity contribution in [1.82, 2.24) is 10.0 Å². The lowest BCUT2D eigenvalue weighted by Crippen LogP contribution is -2.30. The Morgan fingerprint density at radius 1 is 1.15 bits per heavy atom. The van der Waals surface area contributed by atoms with Crippen molar-refractivity contribution >= 4 is 27.3 Å². The maximum Gasteiger partial charge on any atom is 0.265 e. The third kappa shape index (κ3) is 4.35. The van der Waals surface area contributed by atoms with Crippen molar-refractivity contribution in [3.63, 3.8) is 0 Å². The number of hydrogen-bond donors (Lipinski definition) is 2. The molecule has 7 nitrogen and oxygen atoms in total. The van der Waals surface area contributed by atoms with Crippen LogP contribution in [0.4, 0.5) is 0 Å². The summed E-state index contributed by atoms with van der Waals surface area (Å²) in [5, 5.41) is 4.52. The predicted octanol–water partition coefficient (Wildman–Crippen LogP) is 1.93. The second kappa shape index (κ2) is 8.07. The van der Waals surface area contributed by atoms with Gasteiger partial charge in [-0.3, -0.25) is 4.79 Å². The Kier molecular flexibility index (Phi) is 5.80. The highest BCUT2D eigenvalue weighted by atomic mass is 32.2. The van der Waals surface area contributed by atoms with Gasteiger partial charge in [0, 0.05) is 18.5 Å². The lowest BCUT2D eigenvalue weighted by Gasteiger charge is -2.15. The summed E-state index contributed by atoms with van der Waals surface area (Å²) in [6.07, 6.45) is 0.474. The van der Waals surface area contributed by atoms with Gasteiger partial charge in [-0.2, -0.15) is 0 Å². The lowest BCUT2D eigenvalue weighted by molar-refractivity contribution is 0.0948. The fraction of sp³-hybridized carbons (Fsp3) is 0.353. The number of thiophene rings is 1. The van der Waals surface area contributed by atoms with E-state index in [9.17, 15) is 13.2 Å². The topological polar surface area (TPSA) is 93.7 Å². The second-order valence-corrected chi connectivity index (χ2v) is 8.42. The first-order chi connectivity index (χ1) is 12.5. The van der Waals surface area contributed by atoms with Crippen molar-refractivity contribution in [3.8, 4) is 11.5 Å². The summed E-state index contributed by atoms with van der Waals surface area (Å²) in [5.74, 6) is 0.833. The molecule has 2 aromatic rings. The van der Waals surface area contributed by atoms with E-state index in [0.29, 0.717) is 42.6 Å². The molecule has 3 rings (SSSR count). The van der Waals surface area contributed by atoms with E-state index in [1.54, 1.807) is 29.6 Å². The monoisotopic (exact) mass is 396 g/mol. The molecular weight excluding hydrogens is 376 g/mol. The second-order valence-electron chi connectivity index (χ2n) is 5.78. The largest absolute Gasteiger partial charge is 0.485 e. The molecule has 2 heterocycles. The summed E-state index contributed by atoms with van der Waals surface area (Å²) in [5.41, 5.74) is 0.997. The third-order valence-corrected chi connectivity index (χ3v) is 6.19. The number of carbonyl (C=O) groups is 1. The van der Waals surface area contributed by atoms with Gasteiger partial charge in [0.1, 0.15) is 18.1 Å². The Morgan fingerprint density at radius 3 is 2.65 bits per heavy atom. The van der Waals surface area contributed by atoms with Crippen LogP contribution >= 0.6 is 11.3 Å². The number of rotatable bonds is 7. The SMILES string of the molecule is Cc1ccc(S(=O)(=O)NCCCNC(=O)c2scc3c2OCCO3)cc1. The smallest absolute Gasteiger partial charge is 0.265 e. The van der Waals surface area contributed by atoms with Crippen molar-refractivity contribution in [1.29, 1.82) is 0 Å². The molecule has 26 heavy (non-hydrogen) atoms. The highest BCUT2D eigenvalue weighted by Crippen LogP contribution is 2.39. The molecular formula is C17H20N2O5S2. The van der Waals surface area contributed by atoms with Crippen molar-refractivity contribution < 1.29 is 22.7 Å². The van der Waals surface area contributed by atoms with E-state index >= 15 is 0 Å². The number of fused-ring (bicyclic) bond motifs is 1.